The second kappa shape index (κ2) is 4.83. The number of alkyl halides is 1. The van der Waals surface area contributed by atoms with E-state index in [9.17, 15) is 0 Å². The molecule has 2 aromatic rings. The number of hydrogen-bond acceptors (Lipinski definition) is 1. The molecule has 2 atom stereocenters. The van der Waals surface area contributed by atoms with Gasteiger partial charge in [0.25, 0.3) is 0 Å². The molecule has 17 heavy (non-hydrogen) atoms. The molecule has 88 valence electrons. The molecule has 1 heterocycles. The minimum atomic E-state index is 0.184. The van der Waals surface area contributed by atoms with Gasteiger partial charge in [-0.3, -0.25) is 0 Å². The zero-order valence-electron chi connectivity index (χ0n) is 9.60. The van der Waals surface area contributed by atoms with Gasteiger partial charge < -0.3 is 0 Å². The highest BCUT2D eigenvalue weighted by Gasteiger charge is 2.26. The molecule has 0 aliphatic heterocycles. The van der Waals surface area contributed by atoms with Crippen molar-refractivity contribution < 1.29 is 0 Å². The van der Waals surface area contributed by atoms with Gasteiger partial charge in [0.1, 0.15) is 0 Å². The van der Waals surface area contributed by atoms with Crippen LogP contribution in [-0.4, -0.2) is 0 Å². The summed E-state index contributed by atoms with van der Waals surface area (Å²) in [4.78, 5) is 1.32. The van der Waals surface area contributed by atoms with Crippen molar-refractivity contribution in [2.24, 2.45) is 5.92 Å². The molecule has 0 spiro atoms. The van der Waals surface area contributed by atoms with Crippen LogP contribution in [0.15, 0.2) is 41.8 Å². The van der Waals surface area contributed by atoms with Crippen LogP contribution in [0, 0.1) is 5.92 Å². The zero-order chi connectivity index (χ0) is 11.7. The highest BCUT2D eigenvalue weighted by atomic mass is 35.5. The predicted octanol–water partition coefficient (Wildman–Crippen LogP) is 4.83. The first kappa shape index (κ1) is 11.3. The Morgan fingerprint density at radius 1 is 1.12 bits per heavy atom. The minimum absolute atomic E-state index is 0.184. The Balaban J connectivity index is 1.80. The number of rotatable bonds is 2. The van der Waals surface area contributed by atoms with Crippen LogP contribution in [0.4, 0.5) is 0 Å². The van der Waals surface area contributed by atoms with Gasteiger partial charge in [0, 0.05) is 4.88 Å². The Bertz CT molecular complexity index is 489. The Labute approximate surface area is 111 Å². The monoisotopic (exact) mass is 262 g/mol. The SMILES string of the molecule is ClC(c1cccs1)C1CCc2ccccc2C1. The molecule has 1 aromatic heterocycles. The van der Waals surface area contributed by atoms with Crippen molar-refractivity contribution in [2.45, 2.75) is 24.6 Å². The number of hydrogen-bond donors (Lipinski definition) is 0. The van der Waals surface area contributed by atoms with Crippen LogP contribution in [0.5, 0.6) is 0 Å². The largest absolute Gasteiger partial charge is 0.147 e. The molecular formula is C15H15ClS. The maximum absolute atomic E-state index is 6.60. The standard InChI is InChI=1S/C15H15ClS/c16-15(14-6-3-9-17-14)13-8-7-11-4-1-2-5-12(11)10-13/h1-6,9,13,15H,7-8,10H2. The fourth-order valence-corrected chi connectivity index (χ4v) is 3.89. The Kier molecular flexibility index (Phi) is 3.21. The quantitative estimate of drug-likeness (QED) is 0.680. The number of fused-ring (bicyclic) bond motifs is 1. The molecule has 0 fully saturated rings. The first-order valence-corrected chi connectivity index (χ1v) is 7.40. The first-order chi connectivity index (χ1) is 8.34. The van der Waals surface area contributed by atoms with Crippen LogP contribution in [-0.2, 0) is 12.8 Å². The molecule has 2 heteroatoms. The van der Waals surface area contributed by atoms with E-state index >= 15 is 0 Å². The fraction of sp³-hybridized carbons (Fsp3) is 0.333. The van der Waals surface area contributed by atoms with E-state index in [2.05, 4.69) is 41.8 Å². The summed E-state index contributed by atoms with van der Waals surface area (Å²) < 4.78 is 0. The smallest absolute Gasteiger partial charge is 0.0709 e. The zero-order valence-corrected chi connectivity index (χ0v) is 11.2. The van der Waals surface area contributed by atoms with Crippen LogP contribution >= 0.6 is 22.9 Å². The number of thiophene rings is 1. The van der Waals surface area contributed by atoms with E-state index in [0.717, 1.165) is 6.42 Å². The lowest BCUT2D eigenvalue weighted by molar-refractivity contribution is 0.446. The first-order valence-electron chi connectivity index (χ1n) is 6.09. The molecule has 0 saturated carbocycles. The van der Waals surface area contributed by atoms with Gasteiger partial charge in [-0.1, -0.05) is 30.3 Å². The van der Waals surface area contributed by atoms with Gasteiger partial charge in [0.15, 0.2) is 0 Å². The fourth-order valence-electron chi connectivity index (χ4n) is 2.66. The summed E-state index contributed by atoms with van der Waals surface area (Å²) in [6.07, 6.45) is 3.51. The Morgan fingerprint density at radius 3 is 2.71 bits per heavy atom. The molecule has 1 aliphatic carbocycles. The maximum atomic E-state index is 6.60. The van der Waals surface area contributed by atoms with Crippen LogP contribution in [0.3, 0.4) is 0 Å². The summed E-state index contributed by atoms with van der Waals surface area (Å²) in [7, 11) is 0. The van der Waals surface area contributed by atoms with Crippen molar-refractivity contribution in [3.63, 3.8) is 0 Å². The van der Waals surface area contributed by atoms with E-state index in [4.69, 9.17) is 11.6 Å². The lowest BCUT2D eigenvalue weighted by Gasteiger charge is -2.27. The summed E-state index contributed by atoms with van der Waals surface area (Å²) in [5.74, 6) is 0.588. The molecule has 0 bridgehead atoms. The average Bonchev–Trinajstić information content (AvgIpc) is 2.91. The third-order valence-electron chi connectivity index (χ3n) is 3.61. The van der Waals surface area contributed by atoms with Crippen LogP contribution in [0.2, 0.25) is 0 Å². The van der Waals surface area contributed by atoms with E-state index in [1.165, 1.54) is 28.8 Å². The predicted molar refractivity (Wildman–Crippen MR) is 74.9 cm³/mol. The average molecular weight is 263 g/mol. The number of benzene rings is 1. The van der Waals surface area contributed by atoms with Gasteiger partial charge >= 0.3 is 0 Å². The van der Waals surface area contributed by atoms with Crippen LogP contribution in [0.25, 0.3) is 0 Å². The Morgan fingerprint density at radius 2 is 1.94 bits per heavy atom. The molecule has 1 aliphatic rings. The van der Waals surface area contributed by atoms with E-state index < -0.39 is 0 Å². The summed E-state index contributed by atoms with van der Waals surface area (Å²) >= 11 is 8.38. The molecule has 0 N–H and O–H groups in total. The van der Waals surface area contributed by atoms with Crippen molar-refractivity contribution in [1.82, 2.24) is 0 Å². The van der Waals surface area contributed by atoms with E-state index in [0.29, 0.717) is 5.92 Å². The minimum Gasteiger partial charge on any atom is -0.147 e. The highest BCUT2D eigenvalue weighted by Crippen LogP contribution is 2.39. The molecule has 2 unspecified atom stereocenters. The van der Waals surface area contributed by atoms with Crippen molar-refractivity contribution in [3.8, 4) is 0 Å². The summed E-state index contributed by atoms with van der Waals surface area (Å²) in [6.45, 7) is 0. The highest BCUT2D eigenvalue weighted by molar-refractivity contribution is 7.10. The molecule has 1 aromatic carbocycles. The van der Waals surface area contributed by atoms with Gasteiger partial charge in [-0.2, -0.15) is 0 Å². The van der Waals surface area contributed by atoms with E-state index in [1.54, 1.807) is 11.3 Å². The summed E-state index contributed by atoms with van der Waals surface area (Å²) in [6, 6.07) is 13.0. The molecular weight excluding hydrogens is 248 g/mol. The lowest BCUT2D eigenvalue weighted by atomic mass is 9.82. The van der Waals surface area contributed by atoms with Crippen LogP contribution < -0.4 is 0 Å². The summed E-state index contributed by atoms with van der Waals surface area (Å²) in [5, 5.41) is 2.30. The molecule has 0 saturated heterocycles. The van der Waals surface area contributed by atoms with Crippen molar-refractivity contribution >= 4 is 22.9 Å². The van der Waals surface area contributed by atoms with Gasteiger partial charge in [-0.15, -0.1) is 22.9 Å². The lowest BCUT2D eigenvalue weighted by Crippen LogP contribution is -2.17. The third kappa shape index (κ3) is 2.27. The summed E-state index contributed by atoms with van der Waals surface area (Å²) in [5.41, 5.74) is 3.00. The van der Waals surface area contributed by atoms with E-state index in [-0.39, 0.29) is 5.38 Å². The van der Waals surface area contributed by atoms with Crippen molar-refractivity contribution in [3.05, 3.63) is 57.8 Å². The topological polar surface area (TPSA) is 0 Å². The van der Waals surface area contributed by atoms with Gasteiger partial charge in [-0.05, 0) is 47.8 Å². The van der Waals surface area contributed by atoms with Gasteiger partial charge in [0.2, 0.25) is 0 Å². The third-order valence-corrected chi connectivity index (χ3v) is 5.29. The van der Waals surface area contributed by atoms with Crippen molar-refractivity contribution in [2.75, 3.05) is 0 Å². The van der Waals surface area contributed by atoms with E-state index in [1.807, 2.05) is 0 Å². The molecule has 0 amide bonds. The Hall–Kier alpha value is -0.790. The van der Waals surface area contributed by atoms with Crippen molar-refractivity contribution in [1.29, 1.82) is 0 Å². The maximum Gasteiger partial charge on any atom is 0.0709 e. The molecule has 3 rings (SSSR count). The molecule has 0 radical (unpaired) electrons. The second-order valence-electron chi connectivity index (χ2n) is 4.69. The normalized spacial score (nSPS) is 20.9. The number of aryl methyl sites for hydroxylation is 1. The molecule has 0 nitrogen and oxygen atoms in total. The van der Waals surface area contributed by atoms with Crippen LogP contribution in [0.1, 0.15) is 27.8 Å². The second-order valence-corrected chi connectivity index (χ2v) is 6.14. The van der Waals surface area contributed by atoms with Gasteiger partial charge in [-0.25, -0.2) is 0 Å². The number of halogens is 1. The van der Waals surface area contributed by atoms with Gasteiger partial charge in [0.05, 0.1) is 5.38 Å².